The Morgan fingerprint density at radius 1 is 1.17 bits per heavy atom. The van der Waals surface area contributed by atoms with Crippen LogP contribution in [0.4, 0.5) is 13.2 Å². The van der Waals surface area contributed by atoms with E-state index in [-0.39, 0.29) is 23.9 Å². The van der Waals surface area contributed by atoms with Crippen LogP contribution < -0.4 is 0 Å². The number of imidazole rings is 1. The number of halogens is 3. The number of rotatable bonds is 3. The van der Waals surface area contributed by atoms with Crippen LogP contribution in [0, 0.1) is 23.4 Å². The fraction of sp³-hybridized carbons (Fsp3) is 0.524. The second-order valence-corrected chi connectivity index (χ2v) is 8.41. The van der Waals surface area contributed by atoms with Gasteiger partial charge in [0.1, 0.15) is 5.82 Å². The summed E-state index contributed by atoms with van der Waals surface area (Å²) in [7, 11) is 0. The largest absolute Gasteiger partial charge is 0.348 e. The van der Waals surface area contributed by atoms with E-state index in [9.17, 15) is 18.0 Å². The standard InChI is InChI=1S/C21H23F3N4O/c22-15-9-14(18(24)16(23)10-15)11-27-7-4-21(5-8-27)19-17(25-12-26-19)3-6-28(21)20(29)13-1-2-13/h9-10,12-13H,1-8,11H2,(H,25,26). The Kier molecular flexibility index (Phi) is 4.42. The Bertz CT molecular complexity index is 947. The second kappa shape index (κ2) is 6.86. The number of aromatic amines is 1. The lowest BCUT2D eigenvalue weighted by atomic mass is 9.78. The molecule has 8 heteroatoms. The Hall–Kier alpha value is -2.35. The molecule has 3 heterocycles. The van der Waals surface area contributed by atoms with Crippen LogP contribution in [0.3, 0.4) is 0 Å². The molecule has 5 rings (SSSR count). The molecule has 2 aromatic rings. The molecule has 1 aromatic carbocycles. The van der Waals surface area contributed by atoms with Crippen molar-refractivity contribution in [1.29, 1.82) is 0 Å². The third-order valence-electron chi connectivity index (χ3n) is 6.60. The number of nitrogens with one attached hydrogen (secondary N) is 1. The van der Waals surface area contributed by atoms with Crippen LogP contribution in [0.25, 0.3) is 0 Å². The number of piperidine rings is 1. The van der Waals surface area contributed by atoms with Crippen molar-refractivity contribution in [2.24, 2.45) is 5.92 Å². The number of aromatic nitrogens is 2. The average Bonchev–Trinajstić information content (AvgIpc) is 3.44. The summed E-state index contributed by atoms with van der Waals surface area (Å²) in [6.45, 7) is 2.01. The number of likely N-dealkylation sites (tertiary alicyclic amines) is 1. The maximum Gasteiger partial charge on any atom is 0.226 e. The highest BCUT2D eigenvalue weighted by atomic mass is 19.2. The number of amides is 1. The van der Waals surface area contributed by atoms with E-state index in [0.29, 0.717) is 38.5 Å². The van der Waals surface area contributed by atoms with E-state index < -0.39 is 23.0 Å². The summed E-state index contributed by atoms with van der Waals surface area (Å²) in [5.74, 6) is -2.59. The van der Waals surface area contributed by atoms with E-state index in [4.69, 9.17) is 0 Å². The Labute approximate surface area is 166 Å². The molecule has 1 aliphatic carbocycles. The van der Waals surface area contributed by atoms with Gasteiger partial charge in [0.15, 0.2) is 11.6 Å². The van der Waals surface area contributed by atoms with Crippen LogP contribution in [0.2, 0.25) is 0 Å². The molecular weight excluding hydrogens is 381 g/mol. The monoisotopic (exact) mass is 404 g/mol. The van der Waals surface area contributed by atoms with Crippen molar-refractivity contribution in [2.45, 2.75) is 44.2 Å². The van der Waals surface area contributed by atoms with Crippen LogP contribution in [-0.4, -0.2) is 45.3 Å². The minimum atomic E-state index is -1.16. The summed E-state index contributed by atoms with van der Waals surface area (Å²) in [6.07, 6.45) is 5.71. The topological polar surface area (TPSA) is 52.2 Å². The predicted molar refractivity (Wildman–Crippen MR) is 99.2 cm³/mol. The maximum atomic E-state index is 14.1. The number of hydrogen-bond acceptors (Lipinski definition) is 3. The predicted octanol–water partition coefficient (Wildman–Crippen LogP) is 3.11. The van der Waals surface area contributed by atoms with Crippen molar-refractivity contribution >= 4 is 5.91 Å². The van der Waals surface area contributed by atoms with Crippen LogP contribution in [0.1, 0.15) is 42.6 Å². The fourth-order valence-corrected chi connectivity index (χ4v) is 4.90. The van der Waals surface area contributed by atoms with Crippen LogP contribution >= 0.6 is 0 Å². The minimum Gasteiger partial charge on any atom is -0.348 e. The molecule has 2 fully saturated rings. The third-order valence-corrected chi connectivity index (χ3v) is 6.60. The van der Waals surface area contributed by atoms with Gasteiger partial charge in [-0.3, -0.25) is 9.69 Å². The van der Waals surface area contributed by atoms with E-state index in [1.54, 1.807) is 6.33 Å². The van der Waals surface area contributed by atoms with Gasteiger partial charge in [0.05, 0.1) is 17.6 Å². The highest BCUT2D eigenvalue weighted by Crippen LogP contribution is 2.45. The number of hydrogen-bond donors (Lipinski definition) is 1. The van der Waals surface area contributed by atoms with E-state index in [1.807, 2.05) is 9.80 Å². The molecule has 0 unspecified atom stereocenters. The van der Waals surface area contributed by atoms with Crippen molar-refractivity contribution in [1.82, 2.24) is 19.8 Å². The average molecular weight is 404 g/mol. The lowest BCUT2D eigenvalue weighted by Crippen LogP contribution is -2.58. The third kappa shape index (κ3) is 3.13. The summed E-state index contributed by atoms with van der Waals surface area (Å²) in [5, 5.41) is 0. The number of fused-ring (bicyclic) bond motifs is 2. The molecule has 0 radical (unpaired) electrons. The van der Waals surface area contributed by atoms with E-state index in [2.05, 4.69) is 9.97 Å². The van der Waals surface area contributed by atoms with E-state index in [0.717, 1.165) is 36.7 Å². The molecule has 1 amide bonds. The zero-order chi connectivity index (χ0) is 20.2. The molecule has 154 valence electrons. The quantitative estimate of drug-likeness (QED) is 0.800. The van der Waals surface area contributed by atoms with Gasteiger partial charge in [-0.1, -0.05) is 0 Å². The summed E-state index contributed by atoms with van der Waals surface area (Å²) in [6, 6.07) is 1.62. The molecule has 0 bridgehead atoms. The zero-order valence-corrected chi connectivity index (χ0v) is 16.1. The lowest BCUT2D eigenvalue weighted by molar-refractivity contribution is -0.143. The normalized spacial score (nSPS) is 21.4. The van der Waals surface area contributed by atoms with Crippen molar-refractivity contribution in [2.75, 3.05) is 19.6 Å². The van der Waals surface area contributed by atoms with E-state index >= 15 is 0 Å². The van der Waals surface area contributed by atoms with Gasteiger partial charge in [-0.05, 0) is 31.7 Å². The molecule has 1 saturated carbocycles. The van der Waals surface area contributed by atoms with Gasteiger partial charge in [0.25, 0.3) is 0 Å². The molecule has 5 nitrogen and oxygen atoms in total. The molecule has 3 aliphatic rings. The van der Waals surface area contributed by atoms with Crippen molar-refractivity contribution in [3.8, 4) is 0 Å². The van der Waals surface area contributed by atoms with Crippen LogP contribution in [0.5, 0.6) is 0 Å². The fourth-order valence-electron chi connectivity index (χ4n) is 4.90. The first-order chi connectivity index (χ1) is 14.0. The van der Waals surface area contributed by atoms with Gasteiger partial charge in [-0.25, -0.2) is 18.2 Å². The van der Waals surface area contributed by atoms with Gasteiger partial charge in [-0.15, -0.1) is 0 Å². The molecule has 1 aromatic heterocycles. The first kappa shape index (κ1) is 18.7. The number of carbonyl (C=O) groups excluding carboxylic acids is 1. The molecule has 29 heavy (non-hydrogen) atoms. The first-order valence-corrected chi connectivity index (χ1v) is 10.2. The molecular formula is C21H23F3N4O. The number of nitrogens with zero attached hydrogens (tertiary/aromatic N) is 3. The Balaban J connectivity index is 1.38. The molecule has 1 spiro atoms. The van der Waals surface area contributed by atoms with Crippen LogP contribution in [-0.2, 0) is 23.3 Å². The molecule has 1 N–H and O–H groups in total. The highest BCUT2D eigenvalue weighted by molar-refractivity contribution is 5.82. The summed E-state index contributed by atoms with van der Waals surface area (Å²) < 4.78 is 41.1. The number of H-pyrrole nitrogens is 1. The SMILES string of the molecule is O=C(C1CC1)N1CCc2[nH]cnc2C12CCN(Cc1cc(F)cc(F)c1F)CC2. The Morgan fingerprint density at radius 3 is 2.66 bits per heavy atom. The van der Waals surface area contributed by atoms with Crippen LogP contribution in [0.15, 0.2) is 18.5 Å². The van der Waals surface area contributed by atoms with Gasteiger partial charge in [-0.2, -0.15) is 0 Å². The Morgan fingerprint density at radius 2 is 1.93 bits per heavy atom. The van der Waals surface area contributed by atoms with Crippen molar-refractivity contribution < 1.29 is 18.0 Å². The summed E-state index contributed by atoms with van der Waals surface area (Å²) in [5.41, 5.74) is 1.60. The molecule has 0 atom stereocenters. The highest BCUT2D eigenvalue weighted by Gasteiger charge is 2.50. The second-order valence-electron chi connectivity index (χ2n) is 8.41. The summed E-state index contributed by atoms with van der Waals surface area (Å²) in [4.78, 5) is 24.8. The minimum absolute atomic E-state index is 0.0217. The maximum absolute atomic E-state index is 14.1. The van der Waals surface area contributed by atoms with Gasteiger partial charge in [0.2, 0.25) is 5.91 Å². The number of carbonyl (C=O) groups is 1. The van der Waals surface area contributed by atoms with Gasteiger partial charge < -0.3 is 9.88 Å². The van der Waals surface area contributed by atoms with Gasteiger partial charge in [0, 0.05) is 55.8 Å². The lowest BCUT2D eigenvalue weighted by Gasteiger charge is -2.50. The first-order valence-electron chi connectivity index (χ1n) is 10.2. The van der Waals surface area contributed by atoms with Crippen molar-refractivity contribution in [3.05, 3.63) is 52.9 Å². The van der Waals surface area contributed by atoms with Crippen molar-refractivity contribution in [3.63, 3.8) is 0 Å². The van der Waals surface area contributed by atoms with Gasteiger partial charge >= 0.3 is 0 Å². The molecule has 2 aliphatic heterocycles. The zero-order valence-electron chi connectivity index (χ0n) is 16.1. The smallest absolute Gasteiger partial charge is 0.226 e. The number of benzene rings is 1. The molecule has 1 saturated heterocycles. The van der Waals surface area contributed by atoms with E-state index in [1.165, 1.54) is 0 Å². The summed E-state index contributed by atoms with van der Waals surface area (Å²) >= 11 is 0.